The van der Waals surface area contributed by atoms with Gasteiger partial charge in [0.15, 0.2) is 0 Å². The van der Waals surface area contributed by atoms with Gasteiger partial charge >= 0.3 is 5.97 Å². The predicted molar refractivity (Wildman–Crippen MR) is 48.6 cm³/mol. The first-order chi connectivity index (χ1) is 5.22. The first kappa shape index (κ1) is 11.6. The van der Waals surface area contributed by atoms with Gasteiger partial charge in [-0.1, -0.05) is 0 Å². The number of hydrogen-bond donors (Lipinski definition) is 2. The largest absolute Gasteiger partial charge is 0.481 e. The fraction of sp³-hybridized carbons (Fsp3) is 0.714. The highest BCUT2D eigenvalue weighted by molar-refractivity contribution is 8.93. The van der Waals surface area contributed by atoms with Crippen LogP contribution in [0.5, 0.6) is 0 Å². The van der Waals surface area contributed by atoms with Crippen molar-refractivity contribution in [2.24, 2.45) is 5.92 Å². The number of hydrogen-bond acceptors (Lipinski definition) is 3. The number of ketones is 1. The summed E-state index contributed by atoms with van der Waals surface area (Å²) in [4.78, 5) is 21.5. The Morgan fingerprint density at radius 3 is 2.83 bits per heavy atom. The third kappa shape index (κ3) is 2.91. The summed E-state index contributed by atoms with van der Waals surface area (Å²) in [6.45, 7) is 1.03. The van der Waals surface area contributed by atoms with E-state index in [1.165, 1.54) is 0 Å². The van der Waals surface area contributed by atoms with Gasteiger partial charge < -0.3 is 10.4 Å². The topological polar surface area (TPSA) is 66.4 Å². The van der Waals surface area contributed by atoms with Crippen LogP contribution in [0.4, 0.5) is 0 Å². The molecular weight excluding hydrogens is 226 g/mol. The van der Waals surface area contributed by atoms with E-state index in [9.17, 15) is 9.59 Å². The third-order valence-electron chi connectivity index (χ3n) is 1.81. The number of aliphatic carboxylic acids is 1. The average Bonchev–Trinajstić information content (AvgIpc) is 2.13. The van der Waals surface area contributed by atoms with Crippen LogP contribution >= 0.6 is 17.0 Å². The lowest BCUT2D eigenvalue weighted by molar-refractivity contribution is -0.145. The van der Waals surface area contributed by atoms with Crippen LogP contribution in [0.2, 0.25) is 0 Å². The van der Waals surface area contributed by atoms with Crippen molar-refractivity contribution < 1.29 is 14.7 Å². The molecule has 0 bridgehead atoms. The molecule has 1 atom stereocenters. The Morgan fingerprint density at radius 2 is 2.25 bits per heavy atom. The molecule has 0 aromatic carbocycles. The molecule has 1 rings (SSSR count). The maximum Gasteiger partial charge on any atom is 0.315 e. The highest BCUT2D eigenvalue weighted by atomic mass is 79.9. The van der Waals surface area contributed by atoms with Crippen molar-refractivity contribution in [1.82, 2.24) is 5.32 Å². The second kappa shape index (κ2) is 5.27. The second-order valence-corrected chi connectivity index (χ2v) is 2.66. The standard InChI is InChI=1S/C7H11NO3.BrH/c9-6-2-1-3-8-4-5(6)7(10)11;/h5,8H,1-4H2,(H,10,11);1H. The fourth-order valence-corrected chi connectivity index (χ4v) is 1.15. The summed E-state index contributed by atoms with van der Waals surface area (Å²) in [7, 11) is 0. The maximum atomic E-state index is 11.0. The molecule has 1 aliphatic rings. The van der Waals surface area contributed by atoms with Crippen LogP contribution < -0.4 is 5.32 Å². The van der Waals surface area contributed by atoms with Crippen LogP contribution in [0.25, 0.3) is 0 Å². The molecule has 12 heavy (non-hydrogen) atoms. The molecule has 1 unspecified atom stereocenters. The Labute approximate surface area is 81.1 Å². The van der Waals surface area contributed by atoms with Crippen LogP contribution in [0.3, 0.4) is 0 Å². The lowest BCUT2D eigenvalue weighted by atomic mass is 10.0. The van der Waals surface area contributed by atoms with Gasteiger partial charge in [0, 0.05) is 13.0 Å². The van der Waals surface area contributed by atoms with Crippen LogP contribution in [0.1, 0.15) is 12.8 Å². The Bertz CT molecular complexity index is 183. The molecule has 0 radical (unpaired) electrons. The molecule has 4 nitrogen and oxygen atoms in total. The second-order valence-electron chi connectivity index (χ2n) is 2.66. The number of carbonyl (C=O) groups excluding carboxylic acids is 1. The van der Waals surface area contributed by atoms with Gasteiger partial charge in [-0.25, -0.2) is 0 Å². The number of carboxylic acids is 1. The van der Waals surface area contributed by atoms with Crippen molar-refractivity contribution in [3.63, 3.8) is 0 Å². The highest BCUT2D eigenvalue weighted by Gasteiger charge is 2.26. The third-order valence-corrected chi connectivity index (χ3v) is 1.81. The minimum absolute atomic E-state index is 0. The van der Waals surface area contributed by atoms with E-state index >= 15 is 0 Å². The monoisotopic (exact) mass is 237 g/mol. The van der Waals surface area contributed by atoms with Crippen molar-refractivity contribution in [3.05, 3.63) is 0 Å². The summed E-state index contributed by atoms with van der Waals surface area (Å²) in [5.41, 5.74) is 0. The van der Waals surface area contributed by atoms with E-state index in [4.69, 9.17) is 5.11 Å². The van der Waals surface area contributed by atoms with Gasteiger partial charge in [0.25, 0.3) is 0 Å². The lowest BCUT2D eigenvalue weighted by Crippen LogP contribution is -2.31. The molecule has 1 heterocycles. The number of carbonyl (C=O) groups is 2. The fourth-order valence-electron chi connectivity index (χ4n) is 1.15. The minimum atomic E-state index is -1.01. The molecular formula is C7H12BrNO3. The normalized spacial score (nSPS) is 24.0. The number of rotatable bonds is 1. The van der Waals surface area contributed by atoms with E-state index in [-0.39, 0.29) is 29.3 Å². The maximum absolute atomic E-state index is 11.0. The molecule has 0 saturated carbocycles. The SMILES string of the molecule is Br.O=C(O)C1CNCCCC1=O. The summed E-state index contributed by atoms with van der Waals surface area (Å²) in [6.07, 6.45) is 1.15. The number of Topliss-reactive ketones (excluding diaryl/α,β-unsaturated/α-hetero) is 1. The van der Waals surface area contributed by atoms with Crippen molar-refractivity contribution in [2.75, 3.05) is 13.1 Å². The summed E-state index contributed by atoms with van der Waals surface area (Å²) in [5.74, 6) is -1.98. The Morgan fingerprint density at radius 1 is 1.58 bits per heavy atom. The van der Waals surface area contributed by atoms with Crippen molar-refractivity contribution in [3.8, 4) is 0 Å². The van der Waals surface area contributed by atoms with E-state index in [2.05, 4.69) is 5.32 Å². The minimum Gasteiger partial charge on any atom is -0.481 e. The molecule has 0 aromatic rings. The molecule has 0 aliphatic carbocycles. The lowest BCUT2D eigenvalue weighted by Gasteiger charge is -2.05. The van der Waals surface area contributed by atoms with Crippen molar-refractivity contribution in [1.29, 1.82) is 0 Å². The molecule has 0 amide bonds. The van der Waals surface area contributed by atoms with E-state index in [0.717, 1.165) is 13.0 Å². The van der Waals surface area contributed by atoms with Crippen LogP contribution in [0.15, 0.2) is 0 Å². The van der Waals surface area contributed by atoms with Crippen LogP contribution in [-0.4, -0.2) is 29.9 Å². The van der Waals surface area contributed by atoms with Gasteiger partial charge in [-0.15, -0.1) is 17.0 Å². The number of carboxylic acid groups (broad SMARTS) is 1. The first-order valence-electron chi connectivity index (χ1n) is 3.68. The van der Waals surface area contributed by atoms with Gasteiger partial charge in [0.05, 0.1) is 0 Å². The number of nitrogens with one attached hydrogen (secondary N) is 1. The Hall–Kier alpha value is -0.420. The zero-order chi connectivity index (χ0) is 8.27. The quantitative estimate of drug-likeness (QED) is 0.641. The Kier molecular flexibility index (Phi) is 5.08. The van der Waals surface area contributed by atoms with Gasteiger partial charge in [-0.3, -0.25) is 9.59 Å². The molecule has 1 aliphatic heterocycles. The predicted octanol–water partition coefficient (Wildman–Crippen LogP) is 0.218. The summed E-state index contributed by atoms with van der Waals surface area (Å²) in [5, 5.41) is 11.5. The molecule has 1 fully saturated rings. The molecule has 1 saturated heterocycles. The summed E-state index contributed by atoms with van der Waals surface area (Å²) in [6, 6.07) is 0. The van der Waals surface area contributed by atoms with E-state index < -0.39 is 11.9 Å². The van der Waals surface area contributed by atoms with E-state index in [0.29, 0.717) is 6.42 Å². The van der Waals surface area contributed by atoms with Gasteiger partial charge in [0.2, 0.25) is 0 Å². The molecule has 70 valence electrons. The zero-order valence-electron chi connectivity index (χ0n) is 6.58. The van der Waals surface area contributed by atoms with E-state index in [1.54, 1.807) is 0 Å². The highest BCUT2D eigenvalue weighted by Crippen LogP contribution is 2.06. The summed E-state index contributed by atoms with van der Waals surface area (Å²) >= 11 is 0. The molecule has 2 N–H and O–H groups in total. The van der Waals surface area contributed by atoms with Crippen molar-refractivity contribution in [2.45, 2.75) is 12.8 Å². The van der Waals surface area contributed by atoms with Gasteiger partial charge in [-0.2, -0.15) is 0 Å². The van der Waals surface area contributed by atoms with Gasteiger partial charge in [0.1, 0.15) is 11.7 Å². The van der Waals surface area contributed by atoms with E-state index in [1.807, 2.05) is 0 Å². The number of halogens is 1. The first-order valence-corrected chi connectivity index (χ1v) is 3.68. The Balaban J connectivity index is 0.00000121. The van der Waals surface area contributed by atoms with Crippen LogP contribution in [0, 0.1) is 5.92 Å². The molecule has 0 spiro atoms. The molecule has 5 heteroatoms. The molecule has 0 aromatic heterocycles. The average molecular weight is 238 g/mol. The van der Waals surface area contributed by atoms with Gasteiger partial charge in [-0.05, 0) is 13.0 Å². The smallest absolute Gasteiger partial charge is 0.315 e. The van der Waals surface area contributed by atoms with Crippen molar-refractivity contribution >= 4 is 28.7 Å². The summed E-state index contributed by atoms with van der Waals surface area (Å²) < 4.78 is 0. The zero-order valence-corrected chi connectivity index (χ0v) is 8.29. The van der Waals surface area contributed by atoms with Crippen LogP contribution in [-0.2, 0) is 9.59 Å².